The first kappa shape index (κ1) is 21.0. The Balaban J connectivity index is 1.71. The highest BCUT2D eigenvalue weighted by Crippen LogP contribution is 2.32. The molecule has 4 rings (SSSR count). The largest absolute Gasteiger partial charge is 0.257 e. The highest BCUT2D eigenvalue weighted by atomic mass is 35.5. The van der Waals surface area contributed by atoms with Crippen molar-refractivity contribution in [2.24, 2.45) is 0 Å². The van der Waals surface area contributed by atoms with Crippen LogP contribution < -0.4 is 0 Å². The second kappa shape index (κ2) is 8.50. The van der Waals surface area contributed by atoms with E-state index in [0.29, 0.717) is 28.5 Å². The zero-order valence-electron chi connectivity index (χ0n) is 16.7. The van der Waals surface area contributed by atoms with Gasteiger partial charge in [-0.1, -0.05) is 11.6 Å². The zero-order chi connectivity index (χ0) is 22.1. The fourth-order valence-electron chi connectivity index (χ4n) is 3.38. The Kier molecular flexibility index (Phi) is 5.77. The van der Waals surface area contributed by atoms with Gasteiger partial charge in [0.15, 0.2) is 5.82 Å². The zero-order valence-corrected chi connectivity index (χ0v) is 17.5. The minimum Gasteiger partial charge on any atom is -0.257 e. The number of halogens is 4. The lowest BCUT2D eigenvalue weighted by Crippen LogP contribution is -2.10. The summed E-state index contributed by atoms with van der Waals surface area (Å²) in [6.45, 7) is 3.17. The molecule has 0 aliphatic rings. The van der Waals surface area contributed by atoms with Gasteiger partial charge in [0, 0.05) is 23.7 Å². The van der Waals surface area contributed by atoms with Crippen molar-refractivity contribution >= 4 is 11.6 Å². The van der Waals surface area contributed by atoms with E-state index >= 15 is 0 Å². The highest BCUT2D eigenvalue weighted by molar-refractivity contribution is 6.33. The smallest absolute Gasteiger partial charge is 0.257 e. The third-order valence-corrected chi connectivity index (χ3v) is 5.07. The summed E-state index contributed by atoms with van der Waals surface area (Å²) in [5, 5.41) is 8.93. The molecule has 160 valence electrons. The summed E-state index contributed by atoms with van der Waals surface area (Å²) in [5.74, 6) is 0.148. The molecular weight excluding hydrogens is 429 g/mol. The molecule has 0 radical (unpaired) electrons. The molecule has 0 saturated heterocycles. The summed E-state index contributed by atoms with van der Waals surface area (Å²) in [6, 6.07) is 9.14. The van der Waals surface area contributed by atoms with Crippen molar-refractivity contribution in [3.05, 3.63) is 76.3 Å². The molecular formula is C21H18ClF3N6. The van der Waals surface area contributed by atoms with E-state index in [1.165, 1.54) is 30.6 Å². The lowest BCUT2D eigenvalue weighted by molar-refractivity contribution is 0.122. The summed E-state index contributed by atoms with van der Waals surface area (Å²) < 4.78 is 42.4. The third-order valence-electron chi connectivity index (χ3n) is 4.67. The molecule has 0 bridgehead atoms. The Bertz CT molecular complexity index is 1220. The topological polar surface area (TPSA) is 61.4 Å². The van der Waals surface area contributed by atoms with Crippen molar-refractivity contribution in [2.45, 2.75) is 33.2 Å². The molecule has 3 heterocycles. The van der Waals surface area contributed by atoms with Gasteiger partial charge in [-0.3, -0.25) is 4.68 Å². The van der Waals surface area contributed by atoms with Crippen LogP contribution in [0, 0.1) is 19.7 Å². The van der Waals surface area contributed by atoms with Crippen molar-refractivity contribution in [1.82, 2.24) is 29.5 Å². The minimum absolute atomic E-state index is 0.206. The van der Waals surface area contributed by atoms with E-state index in [2.05, 4.69) is 20.2 Å². The molecule has 0 spiro atoms. The Hall–Kier alpha value is -3.20. The van der Waals surface area contributed by atoms with E-state index in [1.807, 2.05) is 19.9 Å². The van der Waals surface area contributed by atoms with E-state index in [9.17, 15) is 13.2 Å². The van der Waals surface area contributed by atoms with Crippen LogP contribution in [0.25, 0.3) is 17.1 Å². The van der Waals surface area contributed by atoms with Gasteiger partial charge in [0.2, 0.25) is 0 Å². The minimum atomic E-state index is -2.63. The van der Waals surface area contributed by atoms with Gasteiger partial charge < -0.3 is 0 Å². The SMILES string of the molecule is Cc1cc(C)n(-c2cc(Cc3nn(CC(F)F)c(-c4ccc(F)cc4)c3Cl)ncn2)n1. The lowest BCUT2D eigenvalue weighted by Gasteiger charge is -2.07. The molecule has 10 heteroatoms. The quantitative estimate of drug-likeness (QED) is 0.427. The number of aromatic nitrogens is 6. The van der Waals surface area contributed by atoms with Crippen molar-refractivity contribution in [3.63, 3.8) is 0 Å². The molecule has 1 aromatic carbocycles. The maximum atomic E-state index is 13.3. The first-order chi connectivity index (χ1) is 14.8. The number of nitrogens with zero attached hydrogens (tertiary/aromatic N) is 6. The van der Waals surface area contributed by atoms with Crippen molar-refractivity contribution in [2.75, 3.05) is 0 Å². The number of hydrogen-bond donors (Lipinski definition) is 0. The van der Waals surface area contributed by atoms with Gasteiger partial charge in [-0.05, 0) is 44.2 Å². The molecule has 0 fully saturated rings. The van der Waals surface area contributed by atoms with E-state index in [0.717, 1.165) is 16.1 Å². The maximum absolute atomic E-state index is 13.3. The average Bonchev–Trinajstić information content (AvgIpc) is 3.21. The van der Waals surface area contributed by atoms with Crippen LogP contribution in [0.3, 0.4) is 0 Å². The lowest BCUT2D eigenvalue weighted by atomic mass is 10.1. The Morgan fingerprint density at radius 1 is 1.03 bits per heavy atom. The van der Waals surface area contributed by atoms with E-state index in [-0.39, 0.29) is 11.4 Å². The van der Waals surface area contributed by atoms with Gasteiger partial charge in [0.1, 0.15) is 18.7 Å². The fraction of sp³-hybridized carbons (Fsp3) is 0.238. The summed E-state index contributed by atoms with van der Waals surface area (Å²) in [7, 11) is 0. The van der Waals surface area contributed by atoms with E-state index in [4.69, 9.17) is 11.6 Å². The Labute approximate surface area is 181 Å². The maximum Gasteiger partial charge on any atom is 0.257 e. The monoisotopic (exact) mass is 446 g/mol. The number of hydrogen-bond acceptors (Lipinski definition) is 4. The first-order valence-electron chi connectivity index (χ1n) is 9.45. The van der Waals surface area contributed by atoms with Gasteiger partial charge in [-0.25, -0.2) is 27.8 Å². The second-order valence-corrected chi connectivity index (χ2v) is 7.45. The predicted octanol–water partition coefficient (Wildman–Crippen LogP) is 4.79. The molecule has 0 aliphatic carbocycles. The van der Waals surface area contributed by atoms with E-state index in [1.54, 1.807) is 10.7 Å². The molecule has 0 unspecified atom stereocenters. The standard InChI is InChI=1S/C21H18ClF3N6/c1-12-7-13(2)31(28-12)19-9-16(26-11-27-19)8-17-20(22)21(30(29-17)10-18(24)25)14-3-5-15(23)6-4-14/h3-7,9,11,18H,8,10H2,1-2H3. The summed E-state index contributed by atoms with van der Waals surface area (Å²) in [5.41, 5.74) is 3.57. The number of alkyl halides is 2. The third kappa shape index (κ3) is 4.46. The number of benzene rings is 1. The molecule has 31 heavy (non-hydrogen) atoms. The molecule has 4 aromatic rings. The predicted molar refractivity (Wildman–Crippen MR) is 110 cm³/mol. The normalized spacial score (nSPS) is 11.5. The van der Waals surface area contributed by atoms with Crippen LogP contribution in [-0.4, -0.2) is 36.0 Å². The van der Waals surface area contributed by atoms with Gasteiger partial charge in [-0.2, -0.15) is 10.2 Å². The Morgan fingerprint density at radius 3 is 2.42 bits per heavy atom. The van der Waals surface area contributed by atoms with Gasteiger partial charge in [0.25, 0.3) is 6.43 Å². The first-order valence-corrected chi connectivity index (χ1v) is 9.83. The molecule has 0 amide bonds. The van der Waals surface area contributed by atoms with Crippen LogP contribution >= 0.6 is 11.6 Å². The fourth-order valence-corrected chi connectivity index (χ4v) is 3.69. The molecule has 6 nitrogen and oxygen atoms in total. The van der Waals surface area contributed by atoms with Gasteiger partial charge in [0.05, 0.1) is 27.8 Å². The second-order valence-electron chi connectivity index (χ2n) is 7.07. The van der Waals surface area contributed by atoms with Crippen LogP contribution in [0.15, 0.2) is 42.7 Å². The number of aryl methyl sites for hydroxylation is 2. The van der Waals surface area contributed by atoms with Crippen LogP contribution in [0.2, 0.25) is 5.02 Å². The molecule has 0 aliphatic heterocycles. The molecule has 0 saturated carbocycles. The van der Waals surface area contributed by atoms with Crippen molar-refractivity contribution in [1.29, 1.82) is 0 Å². The van der Waals surface area contributed by atoms with Crippen LogP contribution in [0.1, 0.15) is 22.8 Å². The summed E-state index contributed by atoms with van der Waals surface area (Å²) in [6.07, 6.45) is -1.01. The van der Waals surface area contributed by atoms with Crippen LogP contribution in [0.4, 0.5) is 13.2 Å². The van der Waals surface area contributed by atoms with Crippen LogP contribution in [0.5, 0.6) is 0 Å². The van der Waals surface area contributed by atoms with Crippen molar-refractivity contribution < 1.29 is 13.2 Å². The Morgan fingerprint density at radius 2 is 1.77 bits per heavy atom. The average molecular weight is 447 g/mol. The molecule has 0 atom stereocenters. The van der Waals surface area contributed by atoms with Gasteiger partial charge >= 0.3 is 0 Å². The molecule has 0 N–H and O–H groups in total. The summed E-state index contributed by atoms with van der Waals surface area (Å²) in [4.78, 5) is 8.53. The number of rotatable bonds is 6. The highest BCUT2D eigenvalue weighted by Gasteiger charge is 2.21. The van der Waals surface area contributed by atoms with E-state index < -0.39 is 18.8 Å². The molecule has 3 aromatic heterocycles. The van der Waals surface area contributed by atoms with Crippen LogP contribution in [-0.2, 0) is 13.0 Å². The van der Waals surface area contributed by atoms with Crippen molar-refractivity contribution in [3.8, 4) is 17.1 Å². The van der Waals surface area contributed by atoms with Gasteiger partial charge in [-0.15, -0.1) is 0 Å². The summed E-state index contributed by atoms with van der Waals surface area (Å²) >= 11 is 6.54.